The highest BCUT2D eigenvalue weighted by molar-refractivity contribution is 9.10. The Morgan fingerprint density at radius 3 is 2.95 bits per heavy atom. The van der Waals surface area contributed by atoms with E-state index < -0.39 is 0 Å². The molecule has 4 heteroatoms. The molecule has 1 fully saturated rings. The summed E-state index contributed by atoms with van der Waals surface area (Å²) in [5.41, 5.74) is 2.44. The Balaban J connectivity index is 1.69. The summed E-state index contributed by atoms with van der Waals surface area (Å²) in [6.07, 6.45) is 2.61. The molecular formula is C15H16BrNOS. The lowest BCUT2D eigenvalue weighted by Crippen LogP contribution is -2.16. The van der Waals surface area contributed by atoms with Crippen molar-refractivity contribution in [2.24, 2.45) is 0 Å². The van der Waals surface area contributed by atoms with Gasteiger partial charge in [0.25, 0.3) is 0 Å². The Labute approximate surface area is 125 Å². The van der Waals surface area contributed by atoms with Crippen molar-refractivity contribution in [1.29, 1.82) is 0 Å². The molecular weight excluding hydrogens is 322 g/mol. The van der Waals surface area contributed by atoms with Gasteiger partial charge < -0.3 is 10.1 Å². The van der Waals surface area contributed by atoms with Gasteiger partial charge in [-0.3, -0.25) is 0 Å². The Morgan fingerprint density at radius 1 is 1.32 bits per heavy atom. The van der Waals surface area contributed by atoms with Crippen LogP contribution in [0.5, 0.6) is 5.75 Å². The van der Waals surface area contributed by atoms with Gasteiger partial charge in [-0.25, -0.2) is 0 Å². The average Bonchev–Trinajstić information content (AvgIpc) is 3.10. The quantitative estimate of drug-likeness (QED) is 0.846. The minimum absolute atomic E-state index is 0.628. The van der Waals surface area contributed by atoms with Crippen LogP contribution in [0.15, 0.2) is 39.5 Å². The minimum atomic E-state index is 0.628. The van der Waals surface area contributed by atoms with Crippen molar-refractivity contribution < 1.29 is 4.74 Å². The first-order chi connectivity index (χ1) is 9.33. The van der Waals surface area contributed by atoms with Gasteiger partial charge in [-0.1, -0.05) is 12.1 Å². The molecule has 2 aromatic rings. The van der Waals surface area contributed by atoms with Gasteiger partial charge in [0.05, 0.1) is 4.47 Å². The van der Waals surface area contributed by atoms with E-state index in [2.05, 4.69) is 50.2 Å². The van der Waals surface area contributed by atoms with Crippen LogP contribution in [0.25, 0.3) is 0 Å². The highest BCUT2D eigenvalue weighted by Gasteiger charge is 2.21. The third-order valence-corrected chi connectivity index (χ3v) is 4.53. The fourth-order valence-corrected chi connectivity index (χ4v) is 3.10. The molecule has 3 rings (SSSR count). The summed E-state index contributed by atoms with van der Waals surface area (Å²) >= 11 is 5.29. The Bertz CT molecular complexity index is 537. The van der Waals surface area contributed by atoms with Crippen molar-refractivity contribution in [2.45, 2.75) is 32.0 Å². The Hall–Kier alpha value is -0.840. The van der Waals surface area contributed by atoms with E-state index in [-0.39, 0.29) is 0 Å². The molecule has 1 aromatic heterocycles. The summed E-state index contributed by atoms with van der Waals surface area (Å²) in [7, 11) is 0. The van der Waals surface area contributed by atoms with E-state index in [1.54, 1.807) is 11.3 Å². The second-order valence-electron chi connectivity index (χ2n) is 4.80. The number of hydrogen-bond donors (Lipinski definition) is 1. The molecule has 19 heavy (non-hydrogen) atoms. The molecule has 1 aromatic carbocycles. The summed E-state index contributed by atoms with van der Waals surface area (Å²) in [5, 5.41) is 7.74. The van der Waals surface area contributed by atoms with Crippen LogP contribution in [-0.4, -0.2) is 6.04 Å². The molecule has 0 atom stereocenters. The van der Waals surface area contributed by atoms with E-state index >= 15 is 0 Å². The van der Waals surface area contributed by atoms with E-state index in [1.807, 2.05) is 6.07 Å². The largest absolute Gasteiger partial charge is 0.487 e. The fourth-order valence-electron chi connectivity index (χ4n) is 1.93. The predicted octanol–water partition coefficient (Wildman–Crippen LogP) is 4.34. The van der Waals surface area contributed by atoms with Gasteiger partial charge in [-0.05, 0) is 57.2 Å². The van der Waals surface area contributed by atoms with Crippen molar-refractivity contribution in [2.75, 3.05) is 0 Å². The summed E-state index contributed by atoms with van der Waals surface area (Å²) in [6, 6.07) is 9.03. The number of nitrogens with one attached hydrogen (secondary N) is 1. The molecule has 0 bridgehead atoms. The topological polar surface area (TPSA) is 21.3 Å². The first-order valence-electron chi connectivity index (χ1n) is 6.47. The lowest BCUT2D eigenvalue weighted by atomic mass is 10.2. The predicted molar refractivity (Wildman–Crippen MR) is 82.7 cm³/mol. The standard InChI is InChI=1S/C15H16BrNOS/c16-14-3-1-2-12(8-17-13-4-5-13)15(14)18-9-11-6-7-19-10-11/h1-3,6-7,10,13,17H,4-5,8-9H2. The first kappa shape index (κ1) is 13.2. The maximum atomic E-state index is 5.98. The molecule has 0 saturated heterocycles. The van der Waals surface area contributed by atoms with Gasteiger partial charge in [0.2, 0.25) is 0 Å². The van der Waals surface area contributed by atoms with Crippen LogP contribution in [0.1, 0.15) is 24.0 Å². The molecule has 1 N–H and O–H groups in total. The van der Waals surface area contributed by atoms with Crippen LogP contribution in [-0.2, 0) is 13.2 Å². The number of hydrogen-bond acceptors (Lipinski definition) is 3. The summed E-state index contributed by atoms with van der Waals surface area (Å²) < 4.78 is 7.01. The van der Waals surface area contributed by atoms with Crippen molar-refractivity contribution >= 4 is 27.3 Å². The van der Waals surface area contributed by atoms with Crippen LogP contribution in [0, 0.1) is 0 Å². The summed E-state index contributed by atoms with van der Waals surface area (Å²) in [6.45, 7) is 1.51. The van der Waals surface area contributed by atoms with Gasteiger partial charge in [-0.15, -0.1) is 0 Å². The smallest absolute Gasteiger partial charge is 0.138 e. The minimum Gasteiger partial charge on any atom is -0.487 e. The average molecular weight is 338 g/mol. The second kappa shape index (κ2) is 6.07. The van der Waals surface area contributed by atoms with Crippen LogP contribution in [0.2, 0.25) is 0 Å². The number of rotatable bonds is 6. The molecule has 0 spiro atoms. The number of benzene rings is 1. The van der Waals surface area contributed by atoms with Crippen LogP contribution in [0.3, 0.4) is 0 Å². The van der Waals surface area contributed by atoms with Gasteiger partial charge in [0.15, 0.2) is 0 Å². The van der Waals surface area contributed by atoms with Crippen molar-refractivity contribution in [3.63, 3.8) is 0 Å². The van der Waals surface area contributed by atoms with E-state index in [4.69, 9.17) is 4.74 Å². The number of halogens is 1. The van der Waals surface area contributed by atoms with E-state index in [0.717, 1.165) is 16.8 Å². The van der Waals surface area contributed by atoms with Gasteiger partial charge in [0, 0.05) is 18.2 Å². The summed E-state index contributed by atoms with van der Waals surface area (Å²) in [5.74, 6) is 0.960. The third-order valence-electron chi connectivity index (χ3n) is 3.17. The SMILES string of the molecule is Brc1cccc(CNC2CC2)c1OCc1ccsc1. The molecule has 2 nitrogen and oxygen atoms in total. The monoisotopic (exact) mass is 337 g/mol. The number of ether oxygens (including phenoxy) is 1. The van der Waals surface area contributed by atoms with Gasteiger partial charge in [-0.2, -0.15) is 11.3 Å². The molecule has 1 aliphatic rings. The lowest BCUT2D eigenvalue weighted by Gasteiger charge is -2.13. The fraction of sp³-hybridized carbons (Fsp3) is 0.333. The molecule has 1 aliphatic carbocycles. The zero-order chi connectivity index (χ0) is 13.1. The Kier molecular flexibility index (Phi) is 4.21. The zero-order valence-corrected chi connectivity index (χ0v) is 13.0. The van der Waals surface area contributed by atoms with Crippen molar-refractivity contribution in [3.8, 4) is 5.75 Å². The van der Waals surface area contributed by atoms with Crippen molar-refractivity contribution in [1.82, 2.24) is 5.32 Å². The van der Waals surface area contributed by atoms with E-state index in [0.29, 0.717) is 12.6 Å². The molecule has 0 radical (unpaired) electrons. The third kappa shape index (κ3) is 3.59. The second-order valence-corrected chi connectivity index (χ2v) is 6.44. The van der Waals surface area contributed by atoms with Crippen LogP contribution < -0.4 is 10.1 Å². The normalized spacial score (nSPS) is 14.6. The molecule has 0 aliphatic heterocycles. The zero-order valence-electron chi connectivity index (χ0n) is 10.6. The van der Waals surface area contributed by atoms with Crippen LogP contribution in [0.4, 0.5) is 0 Å². The number of para-hydroxylation sites is 1. The lowest BCUT2D eigenvalue weighted by molar-refractivity contribution is 0.300. The molecule has 0 amide bonds. The molecule has 100 valence electrons. The maximum Gasteiger partial charge on any atom is 0.138 e. The van der Waals surface area contributed by atoms with E-state index in [9.17, 15) is 0 Å². The molecule has 0 unspecified atom stereocenters. The molecule has 1 saturated carbocycles. The van der Waals surface area contributed by atoms with Gasteiger partial charge in [0.1, 0.15) is 12.4 Å². The maximum absolute atomic E-state index is 5.98. The molecule has 1 heterocycles. The van der Waals surface area contributed by atoms with Crippen molar-refractivity contribution in [3.05, 3.63) is 50.6 Å². The summed E-state index contributed by atoms with van der Waals surface area (Å²) in [4.78, 5) is 0. The van der Waals surface area contributed by atoms with Gasteiger partial charge >= 0.3 is 0 Å². The first-order valence-corrected chi connectivity index (χ1v) is 8.21. The highest BCUT2D eigenvalue weighted by atomic mass is 79.9. The van der Waals surface area contributed by atoms with E-state index in [1.165, 1.54) is 24.0 Å². The Morgan fingerprint density at radius 2 is 2.21 bits per heavy atom. The number of thiophene rings is 1. The highest BCUT2D eigenvalue weighted by Crippen LogP contribution is 2.31. The van der Waals surface area contributed by atoms with Crippen LogP contribution >= 0.6 is 27.3 Å².